The lowest BCUT2D eigenvalue weighted by molar-refractivity contribution is -0.154. The average molecular weight is 504 g/mol. The van der Waals surface area contributed by atoms with Gasteiger partial charge in [0.05, 0.1) is 16.7 Å². The quantitative estimate of drug-likeness (QED) is 0.282. The molecule has 0 fully saturated rings. The third kappa shape index (κ3) is 5.74. The van der Waals surface area contributed by atoms with E-state index in [1.54, 1.807) is 0 Å². The maximum absolute atomic E-state index is 13.4. The molecule has 0 saturated carbocycles. The Hall–Kier alpha value is -2.86. The predicted molar refractivity (Wildman–Crippen MR) is 99.2 cm³/mol. The van der Waals surface area contributed by atoms with Crippen molar-refractivity contribution in [3.63, 3.8) is 0 Å². The number of halogens is 10. The van der Waals surface area contributed by atoms with Gasteiger partial charge in [-0.25, -0.2) is 0 Å². The van der Waals surface area contributed by atoms with Crippen LogP contribution in [0.3, 0.4) is 0 Å². The maximum Gasteiger partial charge on any atom is 0.450 e. The number of rotatable bonds is 4. The first kappa shape index (κ1) is 24.8. The second-order valence-electron chi connectivity index (χ2n) is 6.74. The van der Waals surface area contributed by atoms with Crippen molar-refractivity contribution in [1.29, 1.82) is 0 Å². The number of anilines is 1. The summed E-state index contributed by atoms with van der Waals surface area (Å²) in [6.45, 7) is 0. The molecule has 33 heavy (non-hydrogen) atoms. The summed E-state index contributed by atoms with van der Waals surface area (Å²) in [6, 6.07) is 6.39. The van der Waals surface area contributed by atoms with Crippen LogP contribution in [-0.2, 0) is 18.5 Å². The lowest BCUT2D eigenvalue weighted by Crippen LogP contribution is -2.17. The van der Waals surface area contributed by atoms with Crippen molar-refractivity contribution in [3.05, 3.63) is 76.0 Å². The molecule has 0 spiro atoms. The van der Waals surface area contributed by atoms with E-state index >= 15 is 0 Å². The third-order valence-corrected chi connectivity index (χ3v) is 4.58. The van der Waals surface area contributed by atoms with Crippen molar-refractivity contribution in [2.45, 2.75) is 24.8 Å². The molecule has 2 aromatic carbocycles. The van der Waals surface area contributed by atoms with Crippen LogP contribution in [-0.4, -0.2) is 5.11 Å². The van der Waals surface area contributed by atoms with Gasteiger partial charge < -0.3 is 14.8 Å². The molecule has 1 aromatic heterocycles. The fourth-order valence-electron chi connectivity index (χ4n) is 2.86. The van der Waals surface area contributed by atoms with E-state index < -0.39 is 52.9 Å². The van der Waals surface area contributed by atoms with Gasteiger partial charge in [-0.1, -0.05) is 11.6 Å². The normalized spacial score (nSPS) is 13.8. The van der Waals surface area contributed by atoms with Crippen LogP contribution in [0.1, 0.15) is 28.7 Å². The number of hydrogen-bond donors (Lipinski definition) is 2. The first-order chi connectivity index (χ1) is 15.1. The van der Waals surface area contributed by atoms with E-state index in [4.69, 9.17) is 16.0 Å². The Morgan fingerprint density at radius 3 is 1.73 bits per heavy atom. The van der Waals surface area contributed by atoms with Gasteiger partial charge in [0, 0.05) is 16.3 Å². The molecule has 3 nitrogen and oxygen atoms in total. The molecule has 0 saturated heterocycles. The van der Waals surface area contributed by atoms with Crippen LogP contribution < -0.4 is 5.32 Å². The number of nitrogens with one attached hydrogen (secondary N) is 1. The summed E-state index contributed by atoms with van der Waals surface area (Å²) in [5.74, 6) is -2.05. The Labute approximate surface area is 184 Å². The molecule has 1 atom stereocenters. The number of benzene rings is 2. The SMILES string of the molecule is OC(Nc1cc(C(F)(F)F)cc(C(F)(F)F)c1)c1cc(-c2ccc(Cl)cc2)oc1C(F)(F)F. The lowest BCUT2D eigenvalue weighted by atomic mass is 10.1. The largest absolute Gasteiger partial charge is 0.451 e. The number of furan rings is 1. The number of aliphatic hydroxyl groups is 1. The Balaban J connectivity index is 2.03. The van der Waals surface area contributed by atoms with E-state index in [9.17, 15) is 44.6 Å². The van der Waals surface area contributed by atoms with Crippen LogP contribution in [0, 0.1) is 0 Å². The van der Waals surface area contributed by atoms with Gasteiger partial charge in [-0.2, -0.15) is 39.5 Å². The summed E-state index contributed by atoms with van der Waals surface area (Å²) in [5.41, 5.74) is -5.15. The molecule has 13 heteroatoms. The highest BCUT2D eigenvalue weighted by molar-refractivity contribution is 6.30. The van der Waals surface area contributed by atoms with Gasteiger partial charge in [0.2, 0.25) is 5.76 Å². The summed E-state index contributed by atoms with van der Waals surface area (Å²) in [7, 11) is 0. The summed E-state index contributed by atoms with van der Waals surface area (Å²) in [5, 5.41) is 12.4. The van der Waals surface area contributed by atoms with Crippen molar-refractivity contribution in [2.75, 3.05) is 5.32 Å². The second-order valence-corrected chi connectivity index (χ2v) is 7.18. The van der Waals surface area contributed by atoms with Crippen LogP contribution in [0.4, 0.5) is 45.2 Å². The first-order valence-electron chi connectivity index (χ1n) is 8.76. The van der Waals surface area contributed by atoms with Crippen molar-refractivity contribution in [2.24, 2.45) is 0 Å². The minimum Gasteiger partial charge on any atom is -0.451 e. The molecule has 1 heterocycles. The van der Waals surface area contributed by atoms with Crippen molar-refractivity contribution in [3.8, 4) is 11.3 Å². The molecule has 2 N–H and O–H groups in total. The van der Waals surface area contributed by atoms with E-state index in [-0.39, 0.29) is 34.5 Å². The number of aliphatic hydroxyl groups excluding tert-OH is 1. The Kier molecular flexibility index (Phi) is 6.37. The molecule has 0 aliphatic rings. The van der Waals surface area contributed by atoms with Crippen molar-refractivity contribution >= 4 is 17.3 Å². The molecule has 3 aromatic rings. The molecule has 0 radical (unpaired) electrons. The van der Waals surface area contributed by atoms with Crippen molar-refractivity contribution < 1.29 is 49.0 Å². The molecule has 0 aliphatic carbocycles. The molecule has 0 aliphatic heterocycles. The van der Waals surface area contributed by atoms with Gasteiger partial charge in [0.1, 0.15) is 5.76 Å². The molecule has 0 bridgehead atoms. The predicted octanol–water partition coefficient (Wildman–Crippen LogP) is 7.76. The van der Waals surface area contributed by atoms with Crippen LogP contribution in [0.5, 0.6) is 0 Å². The zero-order chi connectivity index (χ0) is 24.8. The molecule has 3 rings (SSSR count). The summed E-state index contributed by atoms with van der Waals surface area (Å²) in [4.78, 5) is 0. The fourth-order valence-corrected chi connectivity index (χ4v) is 2.99. The molecule has 178 valence electrons. The number of alkyl halides is 9. The average Bonchev–Trinajstić information content (AvgIpc) is 3.13. The topological polar surface area (TPSA) is 45.4 Å². The third-order valence-electron chi connectivity index (χ3n) is 4.33. The minimum absolute atomic E-state index is 0.127. The van der Waals surface area contributed by atoms with Crippen molar-refractivity contribution in [1.82, 2.24) is 0 Å². The van der Waals surface area contributed by atoms with Gasteiger partial charge in [-0.15, -0.1) is 0 Å². The highest BCUT2D eigenvalue weighted by Gasteiger charge is 2.41. The van der Waals surface area contributed by atoms with Gasteiger partial charge in [0.15, 0.2) is 6.23 Å². The maximum atomic E-state index is 13.4. The smallest absolute Gasteiger partial charge is 0.450 e. The van der Waals surface area contributed by atoms with Gasteiger partial charge in [0.25, 0.3) is 0 Å². The molecular formula is C20H11ClF9NO2. The van der Waals surface area contributed by atoms with Crippen LogP contribution in [0.15, 0.2) is 52.9 Å². The molecular weight excluding hydrogens is 493 g/mol. The Morgan fingerprint density at radius 2 is 1.27 bits per heavy atom. The Morgan fingerprint density at radius 1 is 0.758 bits per heavy atom. The summed E-state index contributed by atoms with van der Waals surface area (Å²) in [6.07, 6.45) is -17.9. The minimum atomic E-state index is -5.18. The van der Waals surface area contributed by atoms with E-state index in [0.29, 0.717) is 0 Å². The monoisotopic (exact) mass is 503 g/mol. The zero-order valence-electron chi connectivity index (χ0n) is 15.8. The number of hydrogen-bond acceptors (Lipinski definition) is 3. The van der Waals surface area contributed by atoms with E-state index in [0.717, 1.165) is 6.07 Å². The highest BCUT2D eigenvalue weighted by atomic mass is 35.5. The highest BCUT2D eigenvalue weighted by Crippen LogP contribution is 2.41. The van der Waals surface area contributed by atoms with Gasteiger partial charge >= 0.3 is 18.5 Å². The van der Waals surface area contributed by atoms with E-state index in [1.165, 1.54) is 24.3 Å². The van der Waals surface area contributed by atoms with E-state index in [2.05, 4.69) is 0 Å². The molecule has 0 amide bonds. The van der Waals surface area contributed by atoms with E-state index in [1.807, 2.05) is 5.32 Å². The first-order valence-corrected chi connectivity index (χ1v) is 9.14. The summed E-state index contributed by atoms with van der Waals surface area (Å²) < 4.78 is 123. The zero-order valence-corrected chi connectivity index (χ0v) is 16.6. The second kappa shape index (κ2) is 8.49. The summed E-state index contributed by atoms with van der Waals surface area (Å²) >= 11 is 5.72. The van der Waals surface area contributed by atoms with Gasteiger partial charge in [-0.3, -0.25) is 0 Å². The molecule has 1 unspecified atom stereocenters. The lowest BCUT2D eigenvalue weighted by Gasteiger charge is -2.18. The van der Waals surface area contributed by atoms with Crippen LogP contribution in [0.2, 0.25) is 5.02 Å². The van der Waals surface area contributed by atoms with Gasteiger partial charge in [-0.05, 0) is 48.5 Å². The van der Waals surface area contributed by atoms with Crippen LogP contribution >= 0.6 is 11.6 Å². The standard InChI is InChI=1S/C20H11ClF9NO2/c21-12-3-1-9(2-4-12)15-8-14(16(33-15)20(28,29)30)17(32)31-13-6-10(18(22,23)24)5-11(7-13)19(25,26)27/h1-8,17,31-32H. The Bertz CT molecular complexity index is 1100. The fraction of sp³-hybridized carbons (Fsp3) is 0.200. The van der Waals surface area contributed by atoms with Crippen LogP contribution in [0.25, 0.3) is 11.3 Å².